The minimum Gasteiger partial charge on any atom is -0.286 e. The van der Waals surface area contributed by atoms with Gasteiger partial charge in [0.2, 0.25) is 0 Å². The van der Waals surface area contributed by atoms with E-state index in [1.54, 1.807) is 0 Å². The third-order valence-corrected chi connectivity index (χ3v) is 5.39. The molecule has 0 N–H and O–H groups in total. The molecule has 2 unspecified atom stereocenters. The van der Waals surface area contributed by atoms with Crippen LogP contribution in [0.2, 0.25) is 5.02 Å². The Labute approximate surface area is 154 Å². The molecule has 0 saturated heterocycles. The molecule has 0 spiro atoms. The fraction of sp³-hybridized carbons (Fsp3) is 0.130. The van der Waals surface area contributed by atoms with Crippen LogP contribution in [-0.4, -0.2) is 11.5 Å². The smallest absolute Gasteiger partial charge is 0.147 e. The van der Waals surface area contributed by atoms with Crippen molar-refractivity contribution >= 4 is 17.7 Å². The van der Waals surface area contributed by atoms with Crippen LogP contribution in [0.25, 0.3) is 6.08 Å². The number of hydrogen-bond donors (Lipinski definition) is 0. The molecular weight excluding hydrogens is 326 g/mol. The summed E-state index contributed by atoms with van der Waals surface area (Å²) >= 11 is 6.62. The van der Waals surface area contributed by atoms with E-state index in [4.69, 9.17) is 11.6 Å². The highest BCUT2D eigenvalue weighted by Crippen LogP contribution is 2.43. The molecule has 4 rings (SSSR count). The molecule has 25 heavy (non-hydrogen) atoms. The molecule has 1 nitrogen and oxygen atoms in total. The average Bonchev–Trinajstić information content (AvgIpc) is 2.63. The van der Waals surface area contributed by atoms with Gasteiger partial charge in [0.25, 0.3) is 0 Å². The quantitative estimate of drug-likeness (QED) is 0.505. The first kappa shape index (κ1) is 16.1. The zero-order chi connectivity index (χ0) is 17.3. The summed E-state index contributed by atoms with van der Waals surface area (Å²) in [6, 6.07) is 27.7. The van der Waals surface area contributed by atoms with Gasteiger partial charge in [0.05, 0.1) is 18.3 Å². The highest BCUT2D eigenvalue weighted by atomic mass is 35.5. The molecular formula is C23H21ClN+. The molecule has 1 aliphatic rings. The number of hydrogen-bond acceptors (Lipinski definition) is 0. The van der Waals surface area contributed by atoms with Crippen molar-refractivity contribution in [3.05, 3.63) is 112 Å². The number of nitrogens with zero attached hydrogens (tertiary/aromatic N) is 1. The number of quaternary nitrogens is 1. The van der Waals surface area contributed by atoms with Crippen LogP contribution in [0.4, 0.5) is 0 Å². The van der Waals surface area contributed by atoms with E-state index in [2.05, 4.69) is 86.1 Å². The first-order chi connectivity index (χ1) is 12.2. The Morgan fingerprint density at radius 2 is 1.44 bits per heavy atom. The fourth-order valence-corrected chi connectivity index (χ4v) is 4.11. The van der Waals surface area contributed by atoms with E-state index in [0.717, 1.165) is 16.1 Å². The molecule has 0 amide bonds. The van der Waals surface area contributed by atoms with E-state index in [1.807, 2.05) is 12.1 Å². The van der Waals surface area contributed by atoms with Crippen molar-refractivity contribution in [1.82, 2.24) is 0 Å². The van der Waals surface area contributed by atoms with Crippen LogP contribution in [0.1, 0.15) is 28.3 Å². The second-order valence-corrected chi connectivity index (χ2v) is 7.27. The van der Waals surface area contributed by atoms with E-state index in [-0.39, 0.29) is 6.04 Å². The molecule has 2 atom stereocenters. The van der Waals surface area contributed by atoms with Gasteiger partial charge in [-0.05, 0) is 17.7 Å². The summed E-state index contributed by atoms with van der Waals surface area (Å²) < 4.78 is 0.769. The van der Waals surface area contributed by atoms with Gasteiger partial charge in [-0.1, -0.05) is 84.4 Å². The van der Waals surface area contributed by atoms with Crippen LogP contribution >= 0.6 is 11.6 Å². The van der Waals surface area contributed by atoms with Gasteiger partial charge in [0.15, 0.2) is 0 Å². The minimum atomic E-state index is 0.176. The van der Waals surface area contributed by atoms with Crippen molar-refractivity contribution < 1.29 is 4.48 Å². The Hall–Kier alpha value is -2.35. The number of benzene rings is 3. The molecule has 124 valence electrons. The van der Waals surface area contributed by atoms with Gasteiger partial charge < -0.3 is 0 Å². The van der Waals surface area contributed by atoms with E-state index < -0.39 is 0 Å². The molecule has 3 aromatic rings. The summed E-state index contributed by atoms with van der Waals surface area (Å²) in [6.07, 6.45) is 4.55. The van der Waals surface area contributed by atoms with Crippen LogP contribution in [0.15, 0.2) is 85.1 Å². The van der Waals surface area contributed by atoms with Crippen LogP contribution in [0, 0.1) is 0 Å². The van der Waals surface area contributed by atoms with Gasteiger partial charge in [-0.2, -0.15) is 0 Å². The first-order valence-corrected chi connectivity index (χ1v) is 8.97. The Morgan fingerprint density at radius 1 is 0.800 bits per heavy atom. The van der Waals surface area contributed by atoms with Crippen LogP contribution in [0.3, 0.4) is 0 Å². The molecule has 0 aromatic heterocycles. The fourth-order valence-electron chi connectivity index (χ4n) is 3.87. The lowest BCUT2D eigenvalue weighted by molar-refractivity contribution is -0.898. The Kier molecular flexibility index (Phi) is 4.20. The number of rotatable bonds is 3. The van der Waals surface area contributed by atoms with E-state index in [1.165, 1.54) is 22.3 Å². The zero-order valence-electron chi connectivity index (χ0n) is 14.3. The molecule has 0 radical (unpaired) electrons. The van der Waals surface area contributed by atoms with Crippen molar-refractivity contribution in [2.45, 2.75) is 12.6 Å². The number of fused-ring (bicyclic) bond motifs is 1. The van der Waals surface area contributed by atoms with E-state index in [0.29, 0.717) is 0 Å². The molecule has 2 heteroatoms. The van der Waals surface area contributed by atoms with Crippen LogP contribution in [0.5, 0.6) is 0 Å². The molecule has 0 saturated carbocycles. The Balaban J connectivity index is 1.87. The van der Waals surface area contributed by atoms with Gasteiger partial charge >= 0.3 is 0 Å². The minimum absolute atomic E-state index is 0.176. The average molecular weight is 347 g/mol. The molecule has 1 heterocycles. The summed E-state index contributed by atoms with van der Waals surface area (Å²) in [6.45, 7) is 0.918. The lowest BCUT2D eigenvalue weighted by atomic mass is 9.88. The summed E-state index contributed by atoms with van der Waals surface area (Å²) in [7, 11) is 2.29. The normalized spacial score (nSPS) is 21.8. The molecule has 0 fully saturated rings. The maximum atomic E-state index is 6.62. The molecule has 0 bridgehead atoms. The zero-order valence-corrected chi connectivity index (χ0v) is 15.0. The predicted molar refractivity (Wildman–Crippen MR) is 105 cm³/mol. The van der Waals surface area contributed by atoms with E-state index >= 15 is 0 Å². The van der Waals surface area contributed by atoms with Crippen molar-refractivity contribution in [2.24, 2.45) is 0 Å². The van der Waals surface area contributed by atoms with Crippen molar-refractivity contribution in [1.29, 1.82) is 0 Å². The summed E-state index contributed by atoms with van der Waals surface area (Å²) in [5.74, 6) is 0. The van der Waals surface area contributed by atoms with Crippen LogP contribution in [-0.2, 0) is 6.54 Å². The first-order valence-electron chi connectivity index (χ1n) is 8.59. The highest BCUT2D eigenvalue weighted by Gasteiger charge is 2.38. The van der Waals surface area contributed by atoms with Gasteiger partial charge in [0, 0.05) is 16.7 Å². The van der Waals surface area contributed by atoms with Crippen molar-refractivity contribution in [3.63, 3.8) is 0 Å². The molecule has 1 aliphatic heterocycles. The van der Waals surface area contributed by atoms with Gasteiger partial charge in [-0.15, -0.1) is 0 Å². The van der Waals surface area contributed by atoms with Crippen molar-refractivity contribution in [2.75, 3.05) is 7.05 Å². The highest BCUT2D eigenvalue weighted by molar-refractivity contribution is 6.31. The standard InChI is InChI=1S/C23H21ClN/c1-25(17-18-9-3-2-4-10-18)16-15-19-11-5-6-12-20(19)23(25)21-13-7-8-14-22(21)24/h2-16,23H,17H2,1H3/q+1. The van der Waals surface area contributed by atoms with Gasteiger partial charge in [-0.3, -0.25) is 4.48 Å². The predicted octanol–water partition coefficient (Wildman–Crippen LogP) is 6.06. The summed E-state index contributed by atoms with van der Waals surface area (Å²) in [5, 5.41) is 0.829. The van der Waals surface area contributed by atoms with Crippen molar-refractivity contribution in [3.8, 4) is 0 Å². The maximum Gasteiger partial charge on any atom is 0.147 e. The molecule has 0 aliphatic carbocycles. The second-order valence-electron chi connectivity index (χ2n) is 6.86. The third-order valence-electron chi connectivity index (χ3n) is 5.04. The Morgan fingerprint density at radius 3 is 2.20 bits per heavy atom. The largest absolute Gasteiger partial charge is 0.286 e. The van der Waals surface area contributed by atoms with Gasteiger partial charge in [-0.25, -0.2) is 0 Å². The maximum absolute atomic E-state index is 6.62. The topological polar surface area (TPSA) is 0 Å². The SMILES string of the molecule is C[N+]1(Cc2ccccc2)C=Cc2ccccc2C1c1ccccc1Cl. The Bertz CT molecular complexity index is 916. The number of halogens is 1. The molecule has 3 aromatic carbocycles. The van der Waals surface area contributed by atoms with Crippen LogP contribution < -0.4 is 0 Å². The van der Waals surface area contributed by atoms with E-state index in [9.17, 15) is 0 Å². The third kappa shape index (κ3) is 3.02. The summed E-state index contributed by atoms with van der Waals surface area (Å²) in [5.41, 5.74) is 5.11. The lowest BCUT2D eigenvalue weighted by Gasteiger charge is -2.42. The lowest BCUT2D eigenvalue weighted by Crippen LogP contribution is -2.43. The summed E-state index contributed by atoms with van der Waals surface area (Å²) in [4.78, 5) is 0. The monoisotopic (exact) mass is 346 g/mol. The second kappa shape index (κ2) is 6.51. The van der Waals surface area contributed by atoms with Gasteiger partial charge in [0.1, 0.15) is 12.6 Å².